The summed E-state index contributed by atoms with van der Waals surface area (Å²) in [6.45, 7) is -2.19. The fraction of sp³-hybridized carbons (Fsp3) is 0.333. The maximum absolute atomic E-state index is 12.8. The van der Waals surface area contributed by atoms with Crippen LogP contribution < -0.4 is 10.2 Å². The Bertz CT molecular complexity index is 854. The van der Waals surface area contributed by atoms with Gasteiger partial charge in [-0.05, 0) is 48.7 Å². The van der Waals surface area contributed by atoms with Gasteiger partial charge in [-0.15, -0.1) is 0 Å². The normalized spacial score (nSPS) is 19.4. The fourth-order valence-electron chi connectivity index (χ4n) is 2.98. The first kappa shape index (κ1) is 13.7. The molecular formula is C18H18F3N3O. The highest BCUT2D eigenvalue weighted by Gasteiger charge is 2.31. The van der Waals surface area contributed by atoms with Crippen molar-refractivity contribution in [1.29, 1.82) is 0 Å². The minimum Gasteiger partial charge on any atom is -0.356 e. The molecule has 0 aliphatic carbocycles. The zero-order valence-corrected chi connectivity index (χ0v) is 13.2. The third-order valence-corrected chi connectivity index (χ3v) is 4.14. The number of fused-ring (bicyclic) bond motifs is 1. The number of aromatic nitrogens is 1. The molecule has 0 spiro atoms. The number of carbonyl (C=O) groups is 1. The van der Waals surface area contributed by atoms with Crippen molar-refractivity contribution in [2.45, 2.75) is 19.4 Å². The molecule has 1 aliphatic heterocycles. The molecule has 1 atom stereocenters. The van der Waals surface area contributed by atoms with Crippen LogP contribution in [0.25, 0.3) is 0 Å². The summed E-state index contributed by atoms with van der Waals surface area (Å²) < 4.78 is 59.8. The highest BCUT2D eigenvalue weighted by molar-refractivity contribution is 5.73. The number of hydrogen-bond donors (Lipinski definition) is 1. The maximum Gasteiger partial charge on any atom is 0.416 e. The largest absolute Gasteiger partial charge is 0.416 e. The summed E-state index contributed by atoms with van der Waals surface area (Å²) in [7, 11) is 0. The molecule has 3 rings (SSSR count). The number of carbonyl (C=O) groups excluding carboxylic acids is 1. The Morgan fingerprint density at radius 2 is 2.12 bits per heavy atom. The monoisotopic (exact) mass is 352 g/mol. The van der Waals surface area contributed by atoms with Gasteiger partial charge in [0.25, 0.3) is 0 Å². The fourth-order valence-corrected chi connectivity index (χ4v) is 2.98. The average molecular weight is 352 g/mol. The third-order valence-electron chi connectivity index (χ3n) is 4.14. The number of anilines is 2. The number of amides is 1. The minimum absolute atomic E-state index is 0.129. The van der Waals surface area contributed by atoms with E-state index in [-0.39, 0.29) is 12.5 Å². The lowest BCUT2D eigenvalue weighted by atomic mass is 9.95. The number of alkyl halides is 3. The predicted octanol–water partition coefficient (Wildman–Crippen LogP) is 3.55. The summed E-state index contributed by atoms with van der Waals surface area (Å²) in [4.78, 5) is 17.8. The van der Waals surface area contributed by atoms with E-state index >= 15 is 0 Å². The van der Waals surface area contributed by atoms with E-state index in [1.165, 1.54) is 12.1 Å². The van der Waals surface area contributed by atoms with Crippen LogP contribution in [0.1, 0.15) is 22.2 Å². The van der Waals surface area contributed by atoms with Crippen LogP contribution in [0.2, 0.25) is 0 Å². The van der Waals surface area contributed by atoms with Crippen LogP contribution in [-0.4, -0.2) is 24.0 Å². The van der Waals surface area contributed by atoms with E-state index in [2.05, 4.69) is 10.3 Å². The third kappa shape index (κ3) is 3.92. The second-order valence-electron chi connectivity index (χ2n) is 5.90. The van der Waals surface area contributed by atoms with Gasteiger partial charge in [-0.25, -0.2) is 0 Å². The van der Waals surface area contributed by atoms with Crippen LogP contribution in [0.3, 0.4) is 0 Å². The molecule has 2 aromatic rings. The van der Waals surface area contributed by atoms with Gasteiger partial charge in [0, 0.05) is 35.9 Å². The van der Waals surface area contributed by atoms with Gasteiger partial charge in [0.05, 0.1) is 16.9 Å². The molecule has 0 fully saturated rings. The first-order chi connectivity index (χ1) is 13.1. The molecule has 1 aliphatic rings. The number of benzene rings is 1. The average Bonchev–Trinajstić information content (AvgIpc) is 2.64. The Morgan fingerprint density at radius 3 is 2.80 bits per heavy atom. The van der Waals surface area contributed by atoms with Crippen LogP contribution in [0, 0.1) is 5.92 Å². The molecule has 2 heterocycles. The van der Waals surface area contributed by atoms with Crippen molar-refractivity contribution in [1.82, 2.24) is 10.3 Å². The minimum atomic E-state index is -4.41. The lowest BCUT2D eigenvalue weighted by Crippen LogP contribution is -2.39. The Morgan fingerprint density at radius 1 is 1.36 bits per heavy atom. The number of nitrogens with one attached hydrogen (secondary N) is 1. The van der Waals surface area contributed by atoms with Gasteiger partial charge in [-0.2, -0.15) is 13.2 Å². The van der Waals surface area contributed by atoms with Gasteiger partial charge in [-0.3, -0.25) is 9.78 Å². The SMILES string of the molecule is [2H]C([2H])([2H])C(=O)NC[C@H]1Cc2ncccc2N(c2ccc(C(F)(F)F)cc2)C1. The highest BCUT2D eigenvalue weighted by atomic mass is 19.4. The number of pyridine rings is 1. The van der Waals surface area contributed by atoms with E-state index in [0.717, 1.165) is 23.5 Å². The first-order valence-corrected chi connectivity index (χ1v) is 7.72. The maximum atomic E-state index is 12.8. The molecule has 0 bridgehead atoms. The molecule has 1 aromatic carbocycles. The molecule has 0 saturated carbocycles. The number of hydrogen-bond acceptors (Lipinski definition) is 3. The van der Waals surface area contributed by atoms with Gasteiger partial charge in [0.2, 0.25) is 5.91 Å². The number of nitrogens with zero attached hydrogens (tertiary/aromatic N) is 2. The Hall–Kier alpha value is -2.57. The predicted molar refractivity (Wildman–Crippen MR) is 88.6 cm³/mol. The van der Waals surface area contributed by atoms with E-state index < -0.39 is 24.5 Å². The lowest BCUT2D eigenvalue weighted by molar-refractivity contribution is -0.137. The first-order valence-electron chi connectivity index (χ1n) is 9.22. The molecule has 0 radical (unpaired) electrons. The Kier molecular flexibility index (Phi) is 3.69. The van der Waals surface area contributed by atoms with Crippen LogP contribution in [0.15, 0.2) is 42.6 Å². The molecule has 1 aromatic heterocycles. The molecule has 7 heteroatoms. The molecule has 4 nitrogen and oxygen atoms in total. The van der Waals surface area contributed by atoms with Crippen molar-refractivity contribution in [3.05, 3.63) is 53.9 Å². The van der Waals surface area contributed by atoms with Crippen LogP contribution in [-0.2, 0) is 17.4 Å². The standard InChI is InChI=1S/C18H18F3N3O/c1-12(25)23-10-13-9-16-17(3-2-8-22-16)24(11-13)15-6-4-14(5-7-15)18(19,20)21/h2-8,13H,9-11H2,1H3,(H,23,25)/t13-/m1/s1/i1D3. The molecular weight excluding hydrogens is 331 g/mol. The molecule has 1 N–H and O–H groups in total. The lowest BCUT2D eigenvalue weighted by Gasteiger charge is -2.35. The molecule has 132 valence electrons. The van der Waals surface area contributed by atoms with Gasteiger partial charge in [0.15, 0.2) is 0 Å². The highest BCUT2D eigenvalue weighted by Crippen LogP contribution is 2.36. The van der Waals surface area contributed by atoms with Gasteiger partial charge in [0.1, 0.15) is 0 Å². The summed E-state index contributed by atoms with van der Waals surface area (Å²) in [5.74, 6) is -1.17. The molecule has 0 saturated heterocycles. The van der Waals surface area contributed by atoms with Crippen molar-refractivity contribution >= 4 is 17.3 Å². The summed E-state index contributed by atoms with van der Waals surface area (Å²) in [6.07, 6.45) is -2.27. The van der Waals surface area contributed by atoms with E-state index in [0.29, 0.717) is 18.7 Å². The van der Waals surface area contributed by atoms with Crippen molar-refractivity contribution in [2.75, 3.05) is 18.0 Å². The molecule has 25 heavy (non-hydrogen) atoms. The second kappa shape index (κ2) is 6.74. The summed E-state index contributed by atoms with van der Waals surface area (Å²) >= 11 is 0. The van der Waals surface area contributed by atoms with E-state index in [1.54, 1.807) is 12.3 Å². The summed E-state index contributed by atoms with van der Waals surface area (Å²) in [5.41, 5.74) is 1.35. The van der Waals surface area contributed by atoms with E-state index in [9.17, 15) is 18.0 Å². The Labute approximate surface area is 147 Å². The van der Waals surface area contributed by atoms with Crippen LogP contribution >= 0.6 is 0 Å². The van der Waals surface area contributed by atoms with Gasteiger partial charge >= 0.3 is 6.18 Å². The number of halogens is 3. The topological polar surface area (TPSA) is 45.2 Å². The zero-order chi connectivity index (χ0) is 20.5. The van der Waals surface area contributed by atoms with Crippen molar-refractivity contribution in [2.24, 2.45) is 5.92 Å². The summed E-state index contributed by atoms with van der Waals surface area (Å²) in [6, 6.07) is 8.40. The van der Waals surface area contributed by atoms with Gasteiger partial charge < -0.3 is 10.2 Å². The quantitative estimate of drug-likeness (QED) is 0.919. The Balaban J connectivity index is 1.83. The second-order valence-corrected chi connectivity index (χ2v) is 5.90. The smallest absolute Gasteiger partial charge is 0.356 e. The van der Waals surface area contributed by atoms with E-state index in [1.807, 2.05) is 11.0 Å². The van der Waals surface area contributed by atoms with Crippen LogP contribution in [0.4, 0.5) is 24.5 Å². The zero-order valence-electron chi connectivity index (χ0n) is 16.2. The van der Waals surface area contributed by atoms with E-state index in [4.69, 9.17) is 4.11 Å². The van der Waals surface area contributed by atoms with Crippen molar-refractivity contribution in [3.8, 4) is 0 Å². The van der Waals surface area contributed by atoms with Crippen molar-refractivity contribution < 1.29 is 22.1 Å². The van der Waals surface area contributed by atoms with Crippen molar-refractivity contribution in [3.63, 3.8) is 0 Å². The van der Waals surface area contributed by atoms with Gasteiger partial charge in [-0.1, -0.05) is 0 Å². The molecule has 1 amide bonds. The molecule has 0 unspecified atom stereocenters. The summed E-state index contributed by atoms with van der Waals surface area (Å²) in [5, 5.41) is 2.42. The number of rotatable bonds is 3. The van der Waals surface area contributed by atoms with Crippen LogP contribution in [0.5, 0.6) is 0 Å².